The van der Waals surface area contributed by atoms with E-state index in [0.29, 0.717) is 5.56 Å². The van der Waals surface area contributed by atoms with Crippen LogP contribution < -0.4 is 0 Å². The Morgan fingerprint density at radius 1 is 0.810 bits per heavy atom. The largest absolute Gasteiger partial charge is 0.203 e. The zero-order valence-corrected chi connectivity index (χ0v) is 12.4. The van der Waals surface area contributed by atoms with E-state index in [1.54, 1.807) is 24.3 Å². The molecule has 0 bridgehead atoms. The molecule has 112 valence electrons. The van der Waals surface area contributed by atoms with Gasteiger partial charge >= 0.3 is 0 Å². The first-order valence-corrected chi connectivity index (χ1v) is 6.95. The maximum Gasteiger partial charge on any atom is 0.200 e. The average Bonchev–Trinajstić information content (AvgIpc) is 2.46. The summed E-state index contributed by atoms with van der Waals surface area (Å²) in [6.07, 6.45) is 0.0959. The van der Waals surface area contributed by atoms with Crippen LogP contribution in [-0.4, -0.2) is 0 Å². The monoisotopic (exact) mass is 364 g/mol. The first-order valence-electron chi connectivity index (χ1n) is 6.03. The lowest BCUT2D eigenvalue weighted by atomic mass is 10.0. The van der Waals surface area contributed by atoms with Crippen molar-refractivity contribution in [3.8, 4) is 0 Å². The first-order chi connectivity index (χ1) is 9.82. The minimum absolute atomic E-state index is 0.0959. The van der Waals surface area contributed by atoms with Gasteiger partial charge in [-0.15, -0.1) is 0 Å². The molecule has 0 aliphatic heterocycles. The Bertz CT molecular complexity index is 638. The van der Waals surface area contributed by atoms with E-state index < -0.39 is 39.5 Å². The normalized spacial score (nSPS) is 12.5. The van der Waals surface area contributed by atoms with Gasteiger partial charge in [0.15, 0.2) is 23.3 Å². The smallest absolute Gasteiger partial charge is 0.200 e. The molecule has 0 radical (unpaired) electrons. The van der Waals surface area contributed by atoms with Crippen molar-refractivity contribution in [3.05, 3.63) is 70.0 Å². The van der Waals surface area contributed by atoms with E-state index >= 15 is 0 Å². The van der Waals surface area contributed by atoms with Crippen LogP contribution in [0.25, 0.3) is 0 Å². The molecule has 2 rings (SSSR count). The third-order valence-electron chi connectivity index (χ3n) is 3.09. The highest BCUT2D eigenvalue weighted by Crippen LogP contribution is 2.34. The summed E-state index contributed by atoms with van der Waals surface area (Å²) >= 11 is 3.00. The summed E-state index contributed by atoms with van der Waals surface area (Å²) in [7, 11) is 0. The molecule has 6 heteroatoms. The molecule has 0 aliphatic carbocycles. The molecule has 0 saturated carbocycles. The van der Waals surface area contributed by atoms with Crippen molar-refractivity contribution in [1.29, 1.82) is 0 Å². The topological polar surface area (TPSA) is 0 Å². The molecule has 0 nitrogen and oxygen atoms in total. The number of aryl methyl sites for hydroxylation is 1. The van der Waals surface area contributed by atoms with E-state index in [1.807, 2.05) is 6.92 Å². The van der Waals surface area contributed by atoms with Crippen LogP contribution in [0.2, 0.25) is 0 Å². The van der Waals surface area contributed by atoms with Crippen LogP contribution in [0.3, 0.4) is 0 Å². The van der Waals surface area contributed by atoms with Crippen molar-refractivity contribution in [3.63, 3.8) is 0 Å². The van der Waals surface area contributed by atoms with Gasteiger partial charge < -0.3 is 0 Å². The van der Waals surface area contributed by atoms with E-state index in [9.17, 15) is 22.0 Å². The predicted octanol–water partition coefficient (Wildman–Crippen LogP) is 5.37. The number of benzene rings is 2. The maximum atomic E-state index is 13.7. The van der Waals surface area contributed by atoms with E-state index in [1.165, 1.54) is 0 Å². The van der Waals surface area contributed by atoms with Gasteiger partial charge in [0.1, 0.15) is 0 Å². The average molecular weight is 365 g/mol. The fourth-order valence-electron chi connectivity index (χ4n) is 1.93. The fraction of sp³-hybridized carbons (Fsp3) is 0.200. The van der Waals surface area contributed by atoms with Crippen molar-refractivity contribution in [2.24, 2.45) is 0 Å². The molecule has 21 heavy (non-hydrogen) atoms. The van der Waals surface area contributed by atoms with E-state index in [2.05, 4.69) is 15.9 Å². The molecule has 0 amide bonds. The zero-order chi connectivity index (χ0) is 15.7. The SMILES string of the molecule is Cc1ccc(CC(Br)c2c(F)c(F)c(F)c(F)c2F)cc1. The quantitative estimate of drug-likeness (QED) is 0.297. The second kappa shape index (κ2) is 6.13. The Kier molecular flexibility index (Phi) is 4.66. The summed E-state index contributed by atoms with van der Waals surface area (Å²) in [6, 6.07) is 7.06. The summed E-state index contributed by atoms with van der Waals surface area (Å²) in [5, 5.41) is 0. The fourth-order valence-corrected chi connectivity index (χ4v) is 2.71. The third kappa shape index (κ3) is 3.10. The highest BCUT2D eigenvalue weighted by atomic mass is 79.9. The summed E-state index contributed by atoms with van der Waals surface area (Å²) in [5.74, 6) is -9.63. The van der Waals surface area contributed by atoms with Gasteiger partial charge in [0.25, 0.3) is 0 Å². The molecule has 0 aliphatic rings. The Morgan fingerprint density at radius 2 is 1.24 bits per heavy atom. The van der Waals surface area contributed by atoms with Gasteiger partial charge in [-0.1, -0.05) is 45.8 Å². The van der Waals surface area contributed by atoms with Crippen LogP contribution >= 0.6 is 15.9 Å². The standard InChI is InChI=1S/C15H10BrF5/c1-7-2-4-8(5-3-7)6-9(16)10-11(17)13(19)15(21)14(20)12(10)18/h2-5,9H,6H2,1H3. The minimum Gasteiger partial charge on any atom is -0.203 e. The number of hydrogen-bond donors (Lipinski definition) is 0. The Labute approximate surface area is 126 Å². The molecular weight excluding hydrogens is 355 g/mol. The highest BCUT2D eigenvalue weighted by Gasteiger charge is 2.29. The third-order valence-corrected chi connectivity index (χ3v) is 3.87. The van der Waals surface area contributed by atoms with Crippen molar-refractivity contribution >= 4 is 15.9 Å². The highest BCUT2D eigenvalue weighted by molar-refractivity contribution is 9.09. The van der Waals surface area contributed by atoms with Crippen LogP contribution in [0.15, 0.2) is 24.3 Å². The molecular formula is C15H10BrF5. The second-order valence-electron chi connectivity index (χ2n) is 4.64. The summed E-state index contributed by atoms with van der Waals surface area (Å²) in [6.45, 7) is 1.87. The minimum atomic E-state index is -2.15. The second-order valence-corrected chi connectivity index (χ2v) is 5.75. The van der Waals surface area contributed by atoms with Gasteiger partial charge in [-0.25, -0.2) is 22.0 Å². The number of hydrogen-bond acceptors (Lipinski definition) is 0. The van der Waals surface area contributed by atoms with Gasteiger partial charge in [-0.05, 0) is 18.9 Å². The summed E-state index contributed by atoms with van der Waals surface area (Å²) in [4.78, 5) is -1.02. The number of alkyl halides is 1. The first kappa shape index (κ1) is 15.9. The molecule has 0 fully saturated rings. The molecule has 1 atom stereocenters. The lowest BCUT2D eigenvalue weighted by Gasteiger charge is -2.14. The molecule has 0 saturated heterocycles. The zero-order valence-electron chi connectivity index (χ0n) is 10.9. The Balaban J connectivity index is 2.39. The van der Waals surface area contributed by atoms with Crippen molar-refractivity contribution in [2.75, 3.05) is 0 Å². The molecule has 0 N–H and O–H groups in total. The molecule has 2 aromatic rings. The molecule has 0 spiro atoms. The van der Waals surface area contributed by atoms with Crippen molar-refractivity contribution in [2.45, 2.75) is 18.2 Å². The number of rotatable bonds is 3. The van der Waals surface area contributed by atoms with Crippen LogP contribution in [-0.2, 0) is 6.42 Å². The van der Waals surface area contributed by atoms with Crippen molar-refractivity contribution < 1.29 is 22.0 Å². The predicted molar refractivity (Wildman–Crippen MR) is 72.8 cm³/mol. The van der Waals surface area contributed by atoms with Crippen molar-refractivity contribution in [1.82, 2.24) is 0 Å². The van der Waals surface area contributed by atoms with Gasteiger partial charge in [0.2, 0.25) is 5.82 Å². The van der Waals surface area contributed by atoms with E-state index in [-0.39, 0.29) is 6.42 Å². The molecule has 0 aromatic heterocycles. The van der Waals surface area contributed by atoms with Crippen LogP contribution in [0.1, 0.15) is 21.5 Å². The van der Waals surface area contributed by atoms with Gasteiger partial charge in [-0.2, -0.15) is 0 Å². The lowest BCUT2D eigenvalue weighted by molar-refractivity contribution is 0.369. The Morgan fingerprint density at radius 3 is 1.71 bits per heavy atom. The van der Waals surface area contributed by atoms with Crippen LogP contribution in [0, 0.1) is 36.0 Å². The summed E-state index contributed by atoms with van der Waals surface area (Å²) in [5.41, 5.74) is 0.861. The van der Waals surface area contributed by atoms with Gasteiger partial charge in [0.05, 0.1) is 0 Å². The Hall–Kier alpha value is -1.43. The molecule has 1 unspecified atom stereocenters. The summed E-state index contributed by atoms with van der Waals surface area (Å²) < 4.78 is 66.7. The van der Waals surface area contributed by atoms with E-state index in [0.717, 1.165) is 5.56 Å². The van der Waals surface area contributed by atoms with Gasteiger partial charge in [0, 0.05) is 10.4 Å². The van der Waals surface area contributed by atoms with Gasteiger partial charge in [-0.3, -0.25) is 0 Å². The lowest BCUT2D eigenvalue weighted by Crippen LogP contribution is -2.10. The molecule has 0 heterocycles. The van der Waals surface area contributed by atoms with Crippen LogP contribution in [0.5, 0.6) is 0 Å². The van der Waals surface area contributed by atoms with Crippen LogP contribution in [0.4, 0.5) is 22.0 Å². The molecule has 2 aromatic carbocycles. The maximum absolute atomic E-state index is 13.7. The number of halogens is 6. The van der Waals surface area contributed by atoms with E-state index in [4.69, 9.17) is 0 Å².